The van der Waals surface area contributed by atoms with Crippen LogP contribution in [0.3, 0.4) is 0 Å². The van der Waals surface area contributed by atoms with E-state index < -0.39 is 0 Å². The number of fused-ring (bicyclic) bond motifs is 9. The van der Waals surface area contributed by atoms with Crippen molar-refractivity contribution in [3.8, 4) is 83.6 Å². The summed E-state index contributed by atoms with van der Waals surface area (Å²) in [4.78, 5) is 0. The molecule has 11 aromatic carbocycles. The van der Waals surface area contributed by atoms with Crippen LogP contribution in [0.25, 0.3) is 125 Å². The van der Waals surface area contributed by atoms with Gasteiger partial charge in [-0.1, -0.05) is 86.6 Å². The molecule has 0 atom stereocenters. The zero-order chi connectivity index (χ0) is 47.2. The van der Waals surface area contributed by atoms with Crippen LogP contribution >= 0.6 is 0 Å². The van der Waals surface area contributed by atoms with Gasteiger partial charge in [0.15, 0.2) is 0 Å². The third kappa shape index (κ3) is 6.82. The average molecular weight is 969 g/mol. The third-order valence-corrected chi connectivity index (χ3v) is 17.9. The van der Waals surface area contributed by atoms with Gasteiger partial charge in [-0.3, -0.25) is 0 Å². The van der Waals surface area contributed by atoms with Gasteiger partial charge in [0.25, 0.3) is 0 Å². The predicted octanol–water partition coefficient (Wildman–Crippen LogP) is 18.5. The molecule has 2 heterocycles. The van der Waals surface area contributed by atoms with Gasteiger partial charge in [-0.05, 0) is 11.1 Å². The van der Waals surface area contributed by atoms with Gasteiger partial charge in [-0.2, -0.15) is 0 Å². The van der Waals surface area contributed by atoms with Gasteiger partial charge in [0.05, 0.1) is 0 Å². The predicted molar refractivity (Wildman–Crippen MR) is 303 cm³/mol. The van der Waals surface area contributed by atoms with Crippen molar-refractivity contribution >= 4 is 55.6 Å². The molecule has 1 aliphatic carbocycles. The van der Waals surface area contributed by atoms with Crippen LogP contribution in [0.1, 0.15) is 25.0 Å². The maximum absolute atomic E-state index is 2.45. The van der Waals surface area contributed by atoms with E-state index in [1.807, 2.05) is 0 Å². The summed E-state index contributed by atoms with van der Waals surface area (Å²) in [5, 5.41) is 5.20. The summed E-state index contributed by atoms with van der Waals surface area (Å²) in [7, 11) is 0. The fourth-order valence-corrected chi connectivity index (χ4v) is 14.5. The summed E-state index contributed by atoms with van der Waals surface area (Å²) in [6, 6.07) is 92.9. The molecule has 1 nitrogen and oxygen atoms in total. The van der Waals surface area contributed by atoms with E-state index in [0.717, 1.165) is 5.69 Å². The molecule has 1 aliphatic rings. The van der Waals surface area contributed by atoms with Crippen molar-refractivity contribution in [2.75, 3.05) is 0 Å². The summed E-state index contributed by atoms with van der Waals surface area (Å²) >= 11 is 0.111. The molecule has 2 heteroatoms. The maximum atomic E-state index is 2.45. The van der Waals surface area contributed by atoms with Gasteiger partial charge in [-0.15, -0.1) is 0 Å². The second-order valence-corrected chi connectivity index (χ2v) is 21.8. The first-order chi connectivity index (χ1) is 34.9. The number of para-hydroxylation sites is 1. The van der Waals surface area contributed by atoms with E-state index in [1.54, 1.807) is 0 Å². The molecule has 0 spiro atoms. The standard InChI is InChI=1S/C69H47NSe/c1-69(2)63-30-13-12-25-57(63)58-34-31-50(43-64(58)69)46-21-14-22-47(37-46)51-38-52(40-53(39-51)56-27-16-29-60-59-28-15-26-55(67(59)71-68(56)60)45-19-8-4-9-20-45)49-33-36-66-62(42-49)61-41-48(44-17-6-3-7-18-44)32-35-65(61)70(66)54-23-10-5-11-24-54/h3-43H,1-2H3. The zero-order valence-electron chi connectivity index (χ0n) is 39.5. The summed E-state index contributed by atoms with van der Waals surface area (Å²) in [5.74, 6) is 0. The van der Waals surface area contributed by atoms with Crippen molar-refractivity contribution in [1.82, 2.24) is 4.57 Å². The summed E-state index contributed by atoms with van der Waals surface area (Å²) < 4.78 is 5.34. The van der Waals surface area contributed by atoms with Crippen LogP contribution < -0.4 is 0 Å². The molecule has 0 saturated carbocycles. The Kier molecular flexibility index (Phi) is 9.65. The zero-order valence-corrected chi connectivity index (χ0v) is 41.2. The van der Waals surface area contributed by atoms with Gasteiger partial charge in [-0.25, -0.2) is 0 Å². The number of hydrogen-bond donors (Lipinski definition) is 0. The Labute approximate surface area is 420 Å². The molecular weight excluding hydrogens is 922 g/mol. The first-order valence-electron chi connectivity index (χ1n) is 24.6. The first kappa shape index (κ1) is 41.7. The van der Waals surface area contributed by atoms with E-state index in [2.05, 4.69) is 267 Å². The van der Waals surface area contributed by atoms with Crippen molar-refractivity contribution in [3.05, 3.63) is 260 Å². The Balaban J connectivity index is 0.972. The molecule has 0 bridgehead atoms. The first-order valence-corrected chi connectivity index (χ1v) is 26.4. The summed E-state index contributed by atoms with van der Waals surface area (Å²) in [6.45, 7) is 4.74. The molecule has 0 unspecified atom stereocenters. The molecule has 0 fully saturated rings. The molecule has 0 radical (unpaired) electrons. The van der Waals surface area contributed by atoms with Gasteiger partial charge < -0.3 is 0 Å². The fourth-order valence-electron chi connectivity index (χ4n) is 11.6. The van der Waals surface area contributed by atoms with Gasteiger partial charge in [0.2, 0.25) is 0 Å². The Hall–Kier alpha value is -8.26. The van der Waals surface area contributed by atoms with Gasteiger partial charge in [0, 0.05) is 0 Å². The van der Waals surface area contributed by atoms with E-state index in [0.29, 0.717) is 0 Å². The molecular formula is C69H47NSe. The van der Waals surface area contributed by atoms with E-state index in [9.17, 15) is 0 Å². The molecule has 334 valence electrons. The number of benzene rings is 11. The van der Waals surface area contributed by atoms with Crippen molar-refractivity contribution in [3.63, 3.8) is 0 Å². The molecule has 0 N–H and O–H groups in total. The Morgan fingerprint density at radius 1 is 0.282 bits per heavy atom. The molecule has 13 aromatic rings. The van der Waals surface area contributed by atoms with Gasteiger partial charge >= 0.3 is 325 Å². The van der Waals surface area contributed by atoms with Crippen molar-refractivity contribution in [2.45, 2.75) is 19.3 Å². The van der Waals surface area contributed by atoms with Crippen LogP contribution in [0.4, 0.5) is 0 Å². The fraction of sp³-hybridized carbons (Fsp3) is 0.0435. The Morgan fingerprint density at radius 3 is 1.38 bits per heavy atom. The van der Waals surface area contributed by atoms with E-state index in [-0.39, 0.29) is 19.9 Å². The van der Waals surface area contributed by atoms with Crippen molar-refractivity contribution in [2.24, 2.45) is 0 Å². The summed E-state index contributed by atoms with van der Waals surface area (Å²) in [6.07, 6.45) is 0. The topological polar surface area (TPSA) is 4.93 Å². The van der Waals surface area contributed by atoms with Crippen molar-refractivity contribution in [1.29, 1.82) is 0 Å². The third-order valence-electron chi connectivity index (χ3n) is 15.2. The Morgan fingerprint density at radius 2 is 0.718 bits per heavy atom. The van der Waals surface area contributed by atoms with Crippen LogP contribution in [-0.2, 0) is 5.41 Å². The number of rotatable bonds is 7. The second kappa shape index (κ2) is 16.4. The quantitative estimate of drug-likeness (QED) is 0.140. The Bertz CT molecular complexity index is 4230. The van der Waals surface area contributed by atoms with Crippen LogP contribution in [-0.4, -0.2) is 19.1 Å². The van der Waals surface area contributed by atoms with Crippen LogP contribution in [0.2, 0.25) is 0 Å². The van der Waals surface area contributed by atoms with E-state index in [4.69, 9.17) is 0 Å². The monoisotopic (exact) mass is 969 g/mol. The normalized spacial score (nSPS) is 12.8. The van der Waals surface area contributed by atoms with Crippen molar-refractivity contribution < 1.29 is 0 Å². The SMILES string of the molecule is CC1(C)c2ccccc2-c2ccc(-c3cccc(-c4cc(-c5ccc6c(c5)c5cc(-c7ccccc7)ccc5n6-c5ccccc5)cc(-c5cccc6c5[se]c5c(-c7ccccc7)cccc56)c4)c3)cc21. The van der Waals surface area contributed by atoms with Crippen LogP contribution in [0.15, 0.2) is 249 Å². The molecule has 0 amide bonds. The van der Waals surface area contributed by atoms with Crippen LogP contribution in [0.5, 0.6) is 0 Å². The number of hydrogen-bond acceptors (Lipinski definition) is 0. The second-order valence-electron chi connectivity index (χ2n) is 19.6. The molecule has 14 rings (SSSR count). The van der Waals surface area contributed by atoms with Gasteiger partial charge in [0.1, 0.15) is 0 Å². The number of aromatic nitrogens is 1. The van der Waals surface area contributed by atoms with E-state index >= 15 is 0 Å². The van der Waals surface area contributed by atoms with Crippen LogP contribution in [0, 0.1) is 0 Å². The minimum absolute atomic E-state index is 0.0701. The van der Waals surface area contributed by atoms with E-state index in [1.165, 1.54) is 130 Å². The minimum atomic E-state index is -0.0701. The average Bonchev–Trinajstić information content (AvgIpc) is 4.06. The summed E-state index contributed by atoms with van der Waals surface area (Å²) in [5.41, 5.74) is 23.8. The molecule has 0 aliphatic heterocycles. The molecule has 2 aromatic heterocycles. The molecule has 71 heavy (non-hydrogen) atoms. The number of nitrogens with zero attached hydrogens (tertiary/aromatic N) is 1. The molecule has 0 saturated heterocycles.